The highest BCUT2D eigenvalue weighted by molar-refractivity contribution is 4.72. The summed E-state index contributed by atoms with van der Waals surface area (Å²) < 4.78 is 0. The van der Waals surface area contributed by atoms with Crippen LogP contribution in [0.1, 0.15) is 53.4 Å². The van der Waals surface area contributed by atoms with Crippen LogP contribution >= 0.6 is 0 Å². The third-order valence-corrected chi connectivity index (χ3v) is 4.11. The molecule has 0 saturated carbocycles. The third-order valence-electron chi connectivity index (χ3n) is 4.11. The fourth-order valence-corrected chi connectivity index (χ4v) is 2.69. The second-order valence-electron chi connectivity index (χ2n) is 5.99. The van der Waals surface area contributed by atoms with Gasteiger partial charge in [0.2, 0.25) is 0 Å². The van der Waals surface area contributed by atoms with E-state index in [0.717, 1.165) is 23.7 Å². The Morgan fingerprint density at radius 3 is 2.20 bits per heavy atom. The van der Waals surface area contributed by atoms with Crippen LogP contribution in [-0.2, 0) is 0 Å². The Labute approximate surface area is 96.0 Å². The Balaban J connectivity index is 2.19. The maximum absolute atomic E-state index is 3.45. The first-order chi connectivity index (χ1) is 7.09. The lowest BCUT2D eigenvalue weighted by atomic mass is 9.82. The van der Waals surface area contributed by atoms with E-state index in [1.54, 1.807) is 0 Å². The van der Waals surface area contributed by atoms with Gasteiger partial charge in [-0.25, -0.2) is 0 Å². The maximum Gasteiger partial charge on any atom is -0.00463 e. The lowest BCUT2D eigenvalue weighted by Gasteiger charge is -2.27. The van der Waals surface area contributed by atoms with Crippen molar-refractivity contribution in [2.45, 2.75) is 53.4 Å². The van der Waals surface area contributed by atoms with Crippen molar-refractivity contribution >= 4 is 0 Å². The predicted molar refractivity (Wildman–Crippen MR) is 68.0 cm³/mol. The molecule has 15 heavy (non-hydrogen) atoms. The fraction of sp³-hybridized carbons (Fsp3) is 1.00. The quantitative estimate of drug-likeness (QED) is 0.731. The average Bonchev–Trinajstić information content (AvgIpc) is 2.18. The molecule has 0 spiro atoms. The molecule has 1 aliphatic rings. The lowest BCUT2D eigenvalue weighted by Crippen LogP contribution is -2.28. The molecule has 1 saturated heterocycles. The van der Waals surface area contributed by atoms with Gasteiger partial charge in [-0.15, -0.1) is 0 Å². The van der Waals surface area contributed by atoms with E-state index >= 15 is 0 Å². The molecule has 1 rings (SSSR count). The van der Waals surface area contributed by atoms with E-state index in [0.29, 0.717) is 0 Å². The van der Waals surface area contributed by atoms with Gasteiger partial charge in [0.15, 0.2) is 0 Å². The summed E-state index contributed by atoms with van der Waals surface area (Å²) >= 11 is 0. The van der Waals surface area contributed by atoms with Crippen molar-refractivity contribution < 1.29 is 0 Å². The molecule has 1 fully saturated rings. The summed E-state index contributed by atoms with van der Waals surface area (Å²) in [4.78, 5) is 0. The second-order valence-corrected chi connectivity index (χ2v) is 5.99. The minimum absolute atomic E-state index is 0.848. The average molecular weight is 211 g/mol. The van der Waals surface area contributed by atoms with Crippen LogP contribution in [0.2, 0.25) is 0 Å². The zero-order valence-electron chi connectivity index (χ0n) is 11.1. The van der Waals surface area contributed by atoms with Gasteiger partial charge in [-0.05, 0) is 62.4 Å². The van der Waals surface area contributed by atoms with E-state index in [-0.39, 0.29) is 0 Å². The van der Waals surface area contributed by atoms with Crippen LogP contribution in [-0.4, -0.2) is 13.1 Å². The number of rotatable bonds is 5. The number of nitrogens with one attached hydrogen (secondary N) is 1. The van der Waals surface area contributed by atoms with E-state index in [4.69, 9.17) is 0 Å². The number of hydrogen-bond acceptors (Lipinski definition) is 1. The van der Waals surface area contributed by atoms with E-state index < -0.39 is 0 Å². The van der Waals surface area contributed by atoms with Crippen molar-refractivity contribution in [3.63, 3.8) is 0 Å². The minimum atomic E-state index is 0.848. The summed E-state index contributed by atoms with van der Waals surface area (Å²) in [5.41, 5.74) is 0. The molecular formula is C14H29N. The van der Waals surface area contributed by atoms with Gasteiger partial charge in [0.1, 0.15) is 0 Å². The van der Waals surface area contributed by atoms with Crippen LogP contribution < -0.4 is 5.32 Å². The number of piperidine rings is 1. The Morgan fingerprint density at radius 1 is 1.07 bits per heavy atom. The molecule has 0 amide bonds. The summed E-state index contributed by atoms with van der Waals surface area (Å²) in [7, 11) is 0. The van der Waals surface area contributed by atoms with Crippen molar-refractivity contribution in [1.29, 1.82) is 0 Å². The summed E-state index contributed by atoms with van der Waals surface area (Å²) in [5.74, 6) is 3.66. The van der Waals surface area contributed by atoms with Gasteiger partial charge in [-0.1, -0.05) is 27.7 Å². The topological polar surface area (TPSA) is 12.0 Å². The monoisotopic (exact) mass is 211 g/mol. The lowest BCUT2D eigenvalue weighted by molar-refractivity contribution is 0.259. The molecule has 0 aromatic carbocycles. The Bertz CT molecular complexity index is 159. The summed E-state index contributed by atoms with van der Waals surface area (Å²) in [5, 5.41) is 3.45. The molecule has 0 aliphatic carbocycles. The molecule has 1 heterocycles. The maximum atomic E-state index is 3.45. The molecule has 0 bridgehead atoms. The molecule has 1 aliphatic heterocycles. The van der Waals surface area contributed by atoms with E-state index in [9.17, 15) is 0 Å². The van der Waals surface area contributed by atoms with E-state index in [2.05, 4.69) is 33.0 Å². The van der Waals surface area contributed by atoms with Crippen molar-refractivity contribution in [1.82, 2.24) is 5.32 Å². The molecule has 90 valence electrons. The summed E-state index contributed by atoms with van der Waals surface area (Å²) in [6.07, 6.45) is 5.68. The first-order valence-electron chi connectivity index (χ1n) is 6.80. The first-order valence-corrected chi connectivity index (χ1v) is 6.80. The van der Waals surface area contributed by atoms with E-state index in [1.165, 1.54) is 38.8 Å². The molecular weight excluding hydrogens is 182 g/mol. The largest absolute Gasteiger partial charge is 0.317 e. The number of hydrogen-bond donors (Lipinski definition) is 1. The van der Waals surface area contributed by atoms with Gasteiger partial charge < -0.3 is 5.32 Å². The molecule has 1 heteroatoms. The molecule has 0 aromatic heterocycles. The van der Waals surface area contributed by atoms with Gasteiger partial charge in [0.05, 0.1) is 0 Å². The molecule has 0 radical (unpaired) electrons. The van der Waals surface area contributed by atoms with E-state index in [1.807, 2.05) is 0 Å². The van der Waals surface area contributed by atoms with Gasteiger partial charge in [-0.3, -0.25) is 0 Å². The Morgan fingerprint density at radius 2 is 1.67 bits per heavy atom. The van der Waals surface area contributed by atoms with Crippen molar-refractivity contribution in [2.75, 3.05) is 13.1 Å². The Hall–Kier alpha value is -0.0400. The van der Waals surface area contributed by atoms with Crippen LogP contribution in [0.25, 0.3) is 0 Å². The Kier molecular flexibility index (Phi) is 5.66. The standard InChI is InChI=1S/C14H29N/c1-11(2)13(4)9-12(3)10-14-5-7-15-8-6-14/h11-15H,5-10H2,1-4H3. The highest BCUT2D eigenvalue weighted by Gasteiger charge is 2.18. The van der Waals surface area contributed by atoms with Gasteiger partial charge >= 0.3 is 0 Å². The van der Waals surface area contributed by atoms with Crippen molar-refractivity contribution in [2.24, 2.45) is 23.7 Å². The predicted octanol–water partition coefficient (Wildman–Crippen LogP) is 3.69. The second kappa shape index (κ2) is 6.52. The normalized spacial score (nSPS) is 23.0. The van der Waals surface area contributed by atoms with Crippen LogP contribution in [0.4, 0.5) is 0 Å². The summed E-state index contributed by atoms with van der Waals surface area (Å²) in [6, 6.07) is 0. The molecule has 1 nitrogen and oxygen atoms in total. The molecule has 2 atom stereocenters. The van der Waals surface area contributed by atoms with Crippen LogP contribution in [0.15, 0.2) is 0 Å². The van der Waals surface area contributed by atoms with Gasteiger partial charge in [0, 0.05) is 0 Å². The van der Waals surface area contributed by atoms with Gasteiger partial charge in [0.25, 0.3) is 0 Å². The third kappa shape index (κ3) is 5.01. The van der Waals surface area contributed by atoms with Crippen LogP contribution in [0, 0.1) is 23.7 Å². The smallest absolute Gasteiger partial charge is 0.00463 e. The van der Waals surface area contributed by atoms with Crippen LogP contribution in [0.3, 0.4) is 0 Å². The van der Waals surface area contributed by atoms with Crippen LogP contribution in [0.5, 0.6) is 0 Å². The van der Waals surface area contributed by atoms with Crippen molar-refractivity contribution in [3.05, 3.63) is 0 Å². The summed E-state index contributed by atoms with van der Waals surface area (Å²) in [6.45, 7) is 12.0. The first kappa shape index (κ1) is 13.0. The van der Waals surface area contributed by atoms with Gasteiger partial charge in [-0.2, -0.15) is 0 Å². The SMILES string of the molecule is CC(CC1CCNCC1)CC(C)C(C)C. The zero-order chi connectivity index (χ0) is 11.3. The fourth-order valence-electron chi connectivity index (χ4n) is 2.69. The van der Waals surface area contributed by atoms with Crippen molar-refractivity contribution in [3.8, 4) is 0 Å². The zero-order valence-corrected chi connectivity index (χ0v) is 11.1. The molecule has 2 unspecified atom stereocenters. The minimum Gasteiger partial charge on any atom is -0.317 e. The highest BCUT2D eigenvalue weighted by Crippen LogP contribution is 2.27. The highest BCUT2D eigenvalue weighted by atomic mass is 14.9. The molecule has 0 aromatic rings. The molecule has 1 N–H and O–H groups in total.